The second kappa shape index (κ2) is 8.78. The van der Waals surface area contributed by atoms with E-state index in [9.17, 15) is 4.39 Å². The molecule has 3 nitrogen and oxygen atoms in total. The minimum atomic E-state index is -0.221. The van der Waals surface area contributed by atoms with Gasteiger partial charge in [-0.2, -0.15) is 0 Å². The van der Waals surface area contributed by atoms with Crippen LogP contribution in [0, 0.1) is 11.7 Å². The smallest absolute Gasteiger partial charge is 0.123 e. The fraction of sp³-hybridized carbons (Fsp3) is 0.417. The van der Waals surface area contributed by atoms with Crippen molar-refractivity contribution in [1.82, 2.24) is 4.57 Å². The van der Waals surface area contributed by atoms with Crippen LogP contribution in [0.2, 0.25) is 0 Å². The van der Waals surface area contributed by atoms with Gasteiger partial charge in [0.05, 0.1) is 12.1 Å². The Labute approximate surface area is 166 Å². The third-order valence-corrected chi connectivity index (χ3v) is 5.69. The van der Waals surface area contributed by atoms with E-state index >= 15 is 0 Å². The number of unbranched alkanes of at least 4 members (excludes halogenated alkanes) is 3. The summed E-state index contributed by atoms with van der Waals surface area (Å²) in [6, 6.07) is 15.2. The number of aromatic nitrogens is 1. The van der Waals surface area contributed by atoms with Crippen LogP contribution in [0.3, 0.4) is 0 Å². The van der Waals surface area contributed by atoms with Gasteiger partial charge < -0.3 is 15.0 Å². The van der Waals surface area contributed by atoms with E-state index in [0.717, 1.165) is 41.3 Å². The molecule has 1 aliphatic rings. The Bertz CT molecular complexity index is 899. The van der Waals surface area contributed by atoms with E-state index in [-0.39, 0.29) is 5.82 Å². The zero-order valence-electron chi connectivity index (χ0n) is 16.3. The summed E-state index contributed by atoms with van der Waals surface area (Å²) >= 11 is 0. The lowest BCUT2D eigenvalue weighted by atomic mass is 10.0. The molecule has 2 aromatic carbocycles. The first kappa shape index (κ1) is 19.0. The summed E-state index contributed by atoms with van der Waals surface area (Å²) in [6.07, 6.45) is 10.6. The van der Waals surface area contributed by atoms with Crippen LogP contribution in [0.1, 0.15) is 44.9 Å². The van der Waals surface area contributed by atoms with Gasteiger partial charge in [0.1, 0.15) is 11.6 Å². The average molecular weight is 381 g/mol. The number of rotatable bonds is 10. The van der Waals surface area contributed by atoms with Crippen LogP contribution in [-0.4, -0.2) is 17.2 Å². The monoisotopic (exact) mass is 380 g/mol. The molecule has 1 heterocycles. The Kier molecular flexibility index (Phi) is 5.96. The second-order valence-electron chi connectivity index (χ2n) is 7.94. The maximum atomic E-state index is 13.1. The molecule has 3 aromatic rings. The minimum absolute atomic E-state index is 0.221. The topological polar surface area (TPSA) is 40.2 Å². The standard InChI is InChI=1S/C24H29FN2O/c25-20-8-10-21(11-9-20)27-15-14-19-17-22(12-13-24(19)27)28-16-4-2-1-3-5-23(26)18-6-7-18/h8-15,17-18,23H,1-7,16,26H2. The van der Waals surface area contributed by atoms with Gasteiger partial charge >= 0.3 is 0 Å². The number of hydrogen-bond donors (Lipinski definition) is 1. The molecule has 1 aromatic heterocycles. The molecule has 4 rings (SSSR count). The SMILES string of the molecule is NC(CCCCCCOc1ccc2c(ccn2-c2ccc(F)cc2)c1)C1CC1. The molecule has 1 fully saturated rings. The van der Waals surface area contributed by atoms with Crippen molar-refractivity contribution in [2.24, 2.45) is 11.7 Å². The van der Waals surface area contributed by atoms with Crippen molar-refractivity contribution in [3.63, 3.8) is 0 Å². The van der Waals surface area contributed by atoms with Crippen molar-refractivity contribution < 1.29 is 9.13 Å². The van der Waals surface area contributed by atoms with Crippen molar-refractivity contribution in [1.29, 1.82) is 0 Å². The molecular weight excluding hydrogens is 351 g/mol. The Morgan fingerprint density at radius 3 is 2.57 bits per heavy atom. The van der Waals surface area contributed by atoms with Gasteiger partial charge in [0.2, 0.25) is 0 Å². The zero-order valence-corrected chi connectivity index (χ0v) is 16.3. The van der Waals surface area contributed by atoms with Crippen molar-refractivity contribution in [2.75, 3.05) is 6.61 Å². The van der Waals surface area contributed by atoms with Gasteiger partial charge in [-0.3, -0.25) is 0 Å². The fourth-order valence-electron chi connectivity index (χ4n) is 3.82. The van der Waals surface area contributed by atoms with Crippen LogP contribution in [0.25, 0.3) is 16.6 Å². The molecule has 0 amide bonds. The van der Waals surface area contributed by atoms with Gasteiger partial charge in [0.15, 0.2) is 0 Å². The van der Waals surface area contributed by atoms with E-state index in [4.69, 9.17) is 10.5 Å². The summed E-state index contributed by atoms with van der Waals surface area (Å²) in [5, 5.41) is 1.12. The third kappa shape index (κ3) is 4.74. The number of benzene rings is 2. The first-order valence-electron chi connectivity index (χ1n) is 10.5. The summed E-state index contributed by atoms with van der Waals surface area (Å²) in [7, 11) is 0. The third-order valence-electron chi connectivity index (χ3n) is 5.69. The Morgan fingerprint density at radius 2 is 1.79 bits per heavy atom. The van der Waals surface area contributed by atoms with Crippen molar-refractivity contribution in [3.8, 4) is 11.4 Å². The quantitative estimate of drug-likeness (QED) is 0.449. The van der Waals surface area contributed by atoms with E-state index < -0.39 is 0 Å². The van der Waals surface area contributed by atoms with Crippen LogP contribution in [-0.2, 0) is 0 Å². The lowest BCUT2D eigenvalue weighted by Gasteiger charge is -2.10. The van der Waals surface area contributed by atoms with Crippen molar-refractivity contribution >= 4 is 10.9 Å². The Morgan fingerprint density at radius 1 is 1.00 bits per heavy atom. The van der Waals surface area contributed by atoms with E-state index in [0.29, 0.717) is 6.04 Å². The Hall–Kier alpha value is -2.33. The molecule has 28 heavy (non-hydrogen) atoms. The van der Waals surface area contributed by atoms with E-state index in [1.54, 1.807) is 12.1 Å². The molecule has 1 aliphatic carbocycles. The van der Waals surface area contributed by atoms with Gasteiger partial charge in [-0.25, -0.2) is 4.39 Å². The number of nitrogens with two attached hydrogens (primary N) is 1. The number of fused-ring (bicyclic) bond motifs is 1. The minimum Gasteiger partial charge on any atom is -0.494 e. The predicted octanol–water partition coefficient (Wildman–Crippen LogP) is 5.84. The number of hydrogen-bond acceptors (Lipinski definition) is 2. The first-order chi connectivity index (χ1) is 13.7. The van der Waals surface area contributed by atoms with Crippen LogP contribution in [0.4, 0.5) is 4.39 Å². The highest BCUT2D eigenvalue weighted by atomic mass is 19.1. The number of ether oxygens (including phenoxy) is 1. The van der Waals surface area contributed by atoms with Crippen LogP contribution < -0.4 is 10.5 Å². The number of nitrogens with zero attached hydrogens (tertiary/aromatic N) is 1. The molecule has 0 saturated heterocycles. The Balaban J connectivity index is 1.24. The summed E-state index contributed by atoms with van der Waals surface area (Å²) in [6.45, 7) is 0.749. The summed E-state index contributed by atoms with van der Waals surface area (Å²) < 4.78 is 21.1. The highest BCUT2D eigenvalue weighted by Crippen LogP contribution is 2.33. The molecule has 1 unspecified atom stereocenters. The summed E-state index contributed by atoms with van der Waals surface area (Å²) in [5.74, 6) is 1.50. The number of halogens is 1. The van der Waals surface area contributed by atoms with Crippen LogP contribution >= 0.6 is 0 Å². The second-order valence-corrected chi connectivity index (χ2v) is 7.94. The molecule has 0 spiro atoms. The fourth-order valence-corrected chi connectivity index (χ4v) is 3.82. The van der Waals surface area contributed by atoms with E-state index in [2.05, 4.69) is 22.8 Å². The highest BCUT2D eigenvalue weighted by molar-refractivity contribution is 5.83. The van der Waals surface area contributed by atoms with Gasteiger partial charge in [0.25, 0.3) is 0 Å². The van der Waals surface area contributed by atoms with Crippen LogP contribution in [0.5, 0.6) is 5.75 Å². The molecule has 0 aliphatic heterocycles. The average Bonchev–Trinajstić information content (AvgIpc) is 3.48. The van der Waals surface area contributed by atoms with Gasteiger partial charge in [-0.1, -0.05) is 19.3 Å². The van der Waals surface area contributed by atoms with Crippen molar-refractivity contribution in [3.05, 3.63) is 60.5 Å². The summed E-state index contributed by atoms with van der Waals surface area (Å²) in [4.78, 5) is 0. The first-order valence-corrected chi connectivity index (χ1v) is 10.5. The largest absolute Gasteiger partial charge is 0.494 e. The molecule has 4 heteroatoms. The predicted molar refractivity (Wildman–Crippen MR) is 113 cm³/mol. The van der Waals surface area contributed by atoms with Gasteiger partial charge in [-0.05, 0) is 80.1 Å². The molecule has 1 saturated carbocycles. The van der Waals surface area contributed by atoms with E-state index in [1.807, 2.05) is 12.3 Å². The van der Waals surface area contributed by atoms with Gasteiger partial charge in [0, 0.05) is 23.3 Å². The van der Waals surface area contributed by atoms with Crippen LogP contribution in [0.15, 0.2) is 54.7 Å². The zero-order chi connectivity index (χ0) is 19.3. The lowest BCUT2D eigenvalue weighted by Crippen LogP contribution is -2.21. The lowest BCUT2D eigenvalue weighted by molar-refractivity contribution is 0.304. The molecular formula is C24H29FN2O. The highest BCUT2D eigenvalue weighted by Gasteiger charge is 2.27. The molecule has 0 bridgehead atoms. The summed E-state index contributed by atoms with van der Waals surface area (Å²) in [5.41, 5.74) is 8.18. The molecule has 148 valence electrons. The molecule has 0 radical (unpaired) electrons. The maximum Gasteiger partial charge on any atom is 0.123 e. The maximum absolute atomic E-state index is 13.1. The molecule has 1 atom stereocenters. The molecule has 2 N–H and O–H groups in total. The van der Waals surface area contributed by atoms with E-state index in [1.165, 1.54) is 50.7 Å². The van der Waals surface area contributed by atoms with Gasteiger partial charge in [-0.15, -0.1) is 0 Å². The normalized spacial score (nSPS) is 15.1. The van der Waals surface area contributed by atoms with Crippen molar-refractivity contribution in [2.45, 2.75) is 51.0 Å².